The van der Waals surface area contributed by atoms with Gasteiger partial charge in [0.25, 0.3) is 0 Å². The van der Waals surface area contributed by atoms with E-state index in [0.29, 0.717) is 11.5 Å². The minimum Gasteiger partial charge on any atom is -0.382 e. The molecule has 0 radical (unpaired) electrons. The molecule has 0 bridgehead atoms. The maximum absolute atomic E-state index is 3.89. The van der Waals surface area contributed by atoms with Crippen molar-refractivity contribution in [3.8, 4) is 0 Å². The van der Waals surface area contributed by atoms with Crippen LogP contribution in [0.15, 0.2) is 24.3 Å². The number of hydrogen-bond donors (Lipinski definition) is 1. The summed E-state index contributed by atoms with van der Waals surface area (Å²) in [7, 11) is 0. The van der Waals surface area contributed by atoms with Crippen LogP contribution in [0.5, 0.6) is 0 Å². The predicted octanol–water partition coefficient (Wildman–Crippen LogP) is 5.66. The van der Waals surface area contributed by atoms with Gasteiger partial charge in [-0.25, -0.2) is 0 Å². The summed E-state index contributed by atoms with van der Waals surface area (Å²) < 4.78 is 0. The van der Waals surface area contributed by atoms with E-state index in [9.17, 15) is 0 Å². The first-order valence-electron chi connectivity index (χ1n) is 8.37. The SMILES string of the molecule is CCCc1ccccc1NC1CCCCC1C(C)(C)C. The number of nitrogens with one attached hydrogen (secondary N) is 1. The second-order valence-corrected chi connectivity index (χ2v) is 7.41. The van der Waals surface area contributed by atoms with Crippen molar-refractivity contribution < 1.29 is 0 Å². The molecule has 2 unspecified atom stereocenters. The maximum atomic E-state index is 3.89. The van der Waals surface area contributed by atoms with E-state index in [1.807, 2.05) is 0 Å². The zero-order chi connectivity index (χ0) is 14.6. The Morgan fingerprint density at radius 3 is 2.50 bits per heavy atom. The van der Waals surface area contributed by atoms with Crippen LogP contribution in [0.2, 0.25) is 0 Å². The first-order valence-corrected chi connectivity index (χ1v) is 8.37. The third kappa shape index (κ3) is 3.77. The van der Waals surface area contributed by atoms with Crippen molar-refractivity contribution in [1.82, 2.24) is 0 Å². The van der Waals surface area contributed by atoms with Gasteiger partial charge in [-0.05, 0) is 42.2 Å². The molecule has 1 heteroatoms. The molecule has 0 aromatic heterocycles. The molecule has 1 nitrogen and oxygen atoms in total. The van der Waals surface area contributed by atoms with E-state index in [1.54, 1.807) is 0 Å². The van der Waals surface area contributed by atoms with E-state index in [0.717, 1.165) is 5.92 Å². The van der Waals surface area contributed by atoms with Crippen LogP contribution in [0.3, 0.4) is 0 Å². The highest BCUT2D eigenvalue weighted by atomic mass is 14.9. The summed E-state index contributed by atoms with van der Waals surface area (Å²) in [5.41, 5.74) is 3.25. The lowest BCUT2D eigenvalue weighted by Crippen LogP contribution is -2.40. The van der Waals surface area contributed by atoms with Crippen LogP contribution in [0.4, 0.5) is 5.69 Å². The average molecular weight is 273 g/mol. The van der Waals surface area contributed by atoms with Crippen molar-refractivity contribution >= 4 is 5.69 Å². The normalized spacial score (nSPS) is 23.6. The van der Waals surface area contributed by atoms with Crippen LogP contribution in [-0.2, 0) is 6.42 Å². The summed E-state index contributed by atoms with van der Waals surface area (Å²) in [4.78, 5) is 0. The quantitative estimate of drug-likeness (QED) is 0.746. The summed E-state index contributed by atoms with van der Waals surface area (Å²) >= 11 is 0. The molecular formula is C19H31N. The monoisotopic (exact) mass is 273 g/mol. The summed E-state index contributed by atoms with van der Waals surface area (Å²) in [6, 6.07) is 9.51. The Morgan fingerprint density at radius 1 is 1.10 bits per heavy atom. The van der Waals surface area contributed by atoms with Gasteiger partial charge in [0, 0.05) is 11.7 Å². The molecule has 0 spiro atoms. The van der Waals surface area contributed by atoms with Gasteiger partial charge in [-0.1, -0.05) is 65.2 Å². The summed E-state index contributed by atoms with van der Waals surface area (Å²) in [5.74, 6) is 0.783. The molecule has 1 aliphatic carbocycles. The van der Waals surface area contributed by atoms with Crippen molar-refractivity contribution in [3.05, 3.63) is 29.8 Å². The van der Waals surface area contributed by atoms with Gasteiger partial charge in [0.1, 0.15) is 0 Å². The van der Waals surface area contributed by atoms with Crippen LogP contribution < -0.4 is 5.32 Å². The number of benzene rings is 1. The smallest absolute Gasteiger partial charge is 0.0374 e. The van der Waals surface area contributed by atoms with E-state index in [4.69, 9.17) is 0 Å². The number of anilines is 1. The molecule has 0 amide bonds. The van der Waals surface area contributed by atoms with Gasteiger partial charge >= 0.3 is 0 Å². The van der Waals surface area contributed by atoms with Crippen LogP contribution in [0, 0.1) is 11.3 Å². The fourth-order valence-corrected chi connectivity index (χ4v) is 3.69. The van der Waals surface area contributed by atoms with E-state index in [1.165, 1.54) is 49.8 Å². The van der Waals surface area contributed by atoms with Crippen LogP contribution >= 0.6 is 0 Å². The molecular weight excluding hydrogens is 242 g/mol. The Kier molecular flexibility index (Phi) is 5.12. The third-order valence-electron chi connectivity index (χ3n) is 4.76. The summed E-state index contributed by atoms with van der Waals surface area (Å²) in [5, 5.41) is 3.89. The highest BCUT2D eigenvalue weighted by molar-refractivity contribution is 5.52. The molecule has 0 saturated heterocycles. The van der Waals surface area contributed by atoms with Gasteiger partial charge in [0.15, 0.2) is 0 Å². The highest BCUT2D eigenvalue weighted by Gasteiger charge is 2.34. The van der Waals surface area contributed by atoms with Crippen LogP contribution in [0.1, 0.15) is 65.4 Å². The van der Waals surface area contributed by atoms with Crippen molar-refractivity contribution in [3.63, 3.8) is 0 Å². The Hall–Kier alpha value is -0.980. The zero-order valence-electron chi connectivity index (χ0n) is 13.7. The van der Waals surface area contributed by atoms with Crippen LogP contribution in [-0.4, -0.2) is 6.04 Å². The largest absolute Gasteiger partial charge is 0.382 e. The topological polar surface area (TPSA) is 12.0 Å². The van der Waals surface area contributed by atoms with Crippen molar-refractivity contribution in [1.29, 1.82) is 0 Å². The molecule has 20 heavy (non-hydrogen) atoms. The molecule has 1 saturated carbocycles. The number of rotatable bonds is 4. The Labute approximate surface area is 125 Å². The molecule has 1 aromatic rings. The van der Waals surface area contributed by atoms with E-state index in [2.05, 4.69) is 57.3 Å². The van der Waals surface area contributed by atoms with Crippen LogP contribution in [0.25, 0.3) is 0 Å². The minimum atomic E-state index is 0.401. The number of hydrogen-bond acceptors (Lipinski definition) is 1. The minimum absolute atomic E-state index is 0.401. The molecule has 1 aromatic carbocycles. The molecule has 2 rings (SSSR count). The maximum Gasteiger partial charge on any atom is 0.0374 e. The first-order chi connectivity index (χ1) is 9.52. The highest BCUT2D eigenvalue weighted by Crippen LogP contribution is 2.39. The van der Waals surface area contributed by atoms with Crippen molar-refractivity contribution in [2.24, 2.45) is 11.3 Å². The lowest BCUT2D eigenvalue weighted by atomic mass is 9.69. The van der Waals surface area contributed by atoms with E-state index < -0.39 is 0 Å². The van der Waals surface area contributed by atoms with Gasteiger partial charge < -0.3 is 5.32 Å². The zero-order valence-corrected chi connectivity index (χ0v) is 13.7. The van der Waals surface area contributed by atoms with Crippen molar-refractivity contribution in [2.45, 2.75) is 72.3 Å². The molecule has 0 aliphatic heterocycles. The van der Waals surface area contributed by atoms with E-state index >= 15 is 0 Å². The Morgan fingerprint density at radius 2 is 1.80 bits per heavy atom. The molecule has 0 heterocycles. The Balaban J connectivity index is 2.15. The lowest BCUT2D eigenvalue weighted by Gasteiger charge is -2.41. The molecule has 1 N–H and O–H groups in total. The van der Waals surface area contributed by atoms with Gasteiger partial charge in [-0.3, -0.25) is 0 Å². The second kappa shape index (κ2) is 6.65. The number of aryl methyl sites for hydroxylation is 1. The molecule has 1 aliphatic rings. The summed E-state index contributed by atoms with van der Waals surface area (Å²) in [6.45, 7) is 9.45. The fraction of sp³-hybridized carbons (Fsp3) is 0.684. The van der Waals surface area contributed by atoms with Crippen molar-refractivity contribution in [2.75, 3.05) is 5.32 Å². The van der Waals surface area contributed by atoms with Gasteiger partial charge in [0.05, 0.1) is 0 Å². The van der Waals surface area contributed by atoms with Gasteiger partial charge in [-0.15, -0.1) is 0 Å². The number of para-hydroxylation sites is 1. The van der Waals surface area contributed by atoms with E-state index in [-0.39, 0.29) is 0 Å². The summed E-state index contributed by atoms with van der Waals surface area (Å²) in [6.07, 6.45) is 7.86. The standard InChI is InChI=1S/C19H31N/c1-5-10-15-11-6-8-13-17(15)20-18-14-9-7-12-16(18)19(2,3)4/h6,8,11,13,16,18,20H,5,7,9-10,12,14H2,1-4H3. The fourth-order valence-electron chi connectivity index (χ4n) is 3.69. The Bertz CT molecular complexity index is 416. The lowest BCUT2D eigenvalue weighted by molar-refractivity contribution is 0.163. The van der Waals surface area contributed by atoms with Gasteiger partial charge in [0.2, 0.25) is 0 Å². The average Bonchev–Trinajstić information content (AvgIpc) is 2.41. The van der Waals surface area contributed by atoms with Gasteiger partial charge in [-0.2, -0.15) is 0 Å². The third-order valence-corrected chi connectivity index (χ3v) is 4.76. The second-order valence-electron chi connectivity index (χ2n) is 7.41. The molecule has 1 fully saturated rings. The molecule has 112 valence electrons. The molecule has 2 atom stereocenters. The predicted molar refractivity (Wildman–Crippen MR) is 89.3 cm³/mol. The first kappa shape index (κ1) is 15.4.